The summed E-state index contributed by atoms with van der Waals surface area (Å²) >= 11 is 0. The largest absolute Gasteiger partial charge is 0.493 e. The van der Waals surface area contributed by atoms with Gasteiger partial charge in [-0.25, -0.2) is 4.79 Å². The van der Waals surface area contributed by atoms with Crippen LogP contribution in [0.3, 0.4) is 0 Å². The van der Waals surface area contributed by atoms with Crippen LogP contribution in [-0.4, -0.2) is 36.1 Å². The number of aromatic amines is 1. The van der Waals surface area contributed by atoms with Gasteiger partial charge in [-0.05, 0) is 24.3 Å². The molecule has 0 aliphatic carbocycles. The fraction of sp³-hybridized carbons (Fsp3) is 0.136. The Morgan fingerprint density at radius 2 is 1.83 bits per heavy atom. The number of methoxy groups -OCH3 is 2. The minimum atomic E-state index is -0.963. The summed E-state index contributed by atoms with van der Waals surface area (Å²) in [5.74, 6) is -0.0918. The van der Waals surface area contributed by atoms with Gasteiger partial charge in [0, 0.05) is 28.7 Å². The highest BCUT2D eigenvalue weighted by Gasteiger charge is 2.22. The number of hydrogen-bond donors (Lipinski definition) is 1. The maximum Gasteiger partial charge on any atom is 0.380 e. The van der Waals surface area contributed by atoms with Gasteiger partial charge in [-0.2, -0.15) is 0 Å². The summed E-state index contributed by atoms with van der Waals surface area (Å²) < 4.78 is 20.9. The van der Waals surface area contributed by atoms with Gasteiger partial charge in [-0.3, -0.25) is 4.79 Å². The zero-order valence-corrected chi connectivity index (χ0v) is 16.3. The number of ketones is 1. The smallest absolute Gasteiger partial charge is 0.380 e. The lowest BCUT2D eigenvalue weighted by Crippen LogP contribution is -2.17. The lowest BCUT2D eigenvalue weighted by Gasteiger charge is -2.07. The van der Waals surface area contributed by atoms with E-state index < -0.39 is 11.8 Å². The summed E-state index contributed by atoms with van der Waals surface area (Å²) in [5.41, 5.74) is 2.12. The molecular weight excluding hydrogens is 388 g/mol. The molecule has 0 spiro atoms. The Balaban J connectivity index is 1.44. The molecule has 2 heterocycles. The van der Waals surface area contributed by atoms with Crippen molar-refractivity contribution in [3.8, 4) is 22.8 Å². The van der Waals surface area contributed by atoms with Crippen molar-refractivity contribution in [2.24, 2.45) is 0 Å². The van der Waals surface area contributed by atoms with E-state index in [1.807, 2.05) is 12.1 Å². The number of carbonyl (C=O) groups excluding carboxylic acids is 2. The van der Waals surface area contributed by atoms with Crippen molar-refractivity contribution in [3.63, 3.8) is 0 Å². The van der Waals surface area contributed by atoms with Gasteiger partial charge in [-0.1, -0.05) is 23.4 Å². The van der Waals surface area contributed by atoms with Crippen LogP contribution in [-0.2, 0) is 16.1 Å². The average molecular weight is 406 g/mol. The molecule has 152 valence electrons. The van der Waals surface area contributed by atoms with E-state index in [-0.39, 0.29) is 12.2 Å². The maximum absolute atomic E-state index is 12.4. The van der Waals surface area contributed by atoms with Crippen LogP contribution in [0.2, 0.25) is 0 Å². The predicted octanol–water partition coefficient (Wildman–Crippen LogP) is 3.77. The zero-order valence-electron chi connectivity index (χ0n) is 16.3. The number of benzene rings is 2. The molecule has 0 unspecified atom stereocenters. The van der Waals surface area contributed by atoms with Crippen molar-refractivity contribution in [3.05, 3.63) is 66.0 Å². The number of carbonyl (C=O) groups is 2. The number of para-hydroxylation sites is 1. The minimum absolute atomic E-state index is 0.191. The molecule has 4 aromatic rings. The first-order chi connectivity index (χ1) is 14.6. The topological polar surface area (TPSA) is 104 Å². The first-order valence-corrected chi connectivity index (χ1v) is 9.06. The van der Waals surface area contributed by atoms with Crippen LogP contribution in [0.25, 0.3) is 22.2 Å². The van der Waals surface area contributed by atoms with Crippen LogP contribution >= 0.6 is 0 Å². The van der Waals surface area contributed by atoms with Gasteiger partial charge in [-0.15, -0.1) is 0 Å². The molecule has 0 atom stereocenters. The molecular formula is C22H18N2O6. The van der Waals surface area contributed by atoms with Gasteiger partial charge < -0.3 is 23.7 Å². The summed E-state index contributed by atoms with van der Waals surface area (Å²) in [6, 6.07) is 14.1. The van der Waals surface area contributed by atoms with E-state index >= 15 is 0 Å². The highest BCUT2D eigenvalue weighted by atomic mass is 16.5. The van der Waals surface area contributed by atoms with Crippen LogP contribution in [0.1, 0.15) is 16.1 Å². The predicted molar refractivity (Wildman–Crippen MR) is 107 cm³/mol. The zero-order chi connectivity index (χ0) is 21.1. The number of nitrogens with one attached hydrogen (secondary N) is 1. The Kier molecular flexibility index (Phi) is 5.21. The standard InChI is InChI=1S/C22H18N2O6/c1-27-18-8-7-13(9-20(18)28-2)19-10-14(24-30-19)12-29-22(26)21(25)16-11-23-17-6-4-3-5-15(16)17/h3-11,23H,12H2,1-2H3. The van der Waals surface area contributed by atoms with Crippen molar-refractivity contribution in [1.82, 2.24) is 10.1 Å². The van der Waals surface area contributed by atoms with Crippen molar-refractivity contribution in [2.45, 2.75) is 6.61 Å². The third-order valence-corrected chi connectivity index (χ3v) is 4.60. The van der Waals surface area contributed by atoms with Gasteiger partial charge >= 0.3 is 5.97 Å². The first-order valence-electron chi connectivity index (χ1n) is 9.06. The molecule has 8 heteroatoms. The molecule has 8 nitrogen and oxygen atoms in total. The average Bonchev–Trinajstić information content (AvgIpc) is 3.43. The molecule has 0 aliphatic heterocycles. The monoisotopic (exact) mass is 406 g/mol. The summed E-state index contributed by atoms with van der Waals surface area (Å²) in [7, 11) is 3.09. The lowest BCUT2D eigenvalue weighted by atomic mass is 10.1. The first kappa shape index (κ1) is 19.3. The number of H-pyrrole nitrogens is 1. The fourth-order valence-electron chi connectivity index (χ4n) is 3.08. The molecule has 30 heavy (non-hydrogen) atoms. The lowest BCUT2D eigenvalue weighted by molar-refractivity contribution is -0.139. The Morgan fingerprint density at radius 3 is 2.63 bits per heavy atom. The summed E-state index contributed by atoms with van der Waals surface area (Å²) in [6.45, 7) is -0.191. The molecule has 0 bridgehead atoms. The molecule has 0 fully saturated rings. The van der Waals surface area contributed by atoms with Gasteiger partial charge in [0.25, 0.3) is 5.78 Å². The molecule has 0 saturated carbocycles. The van der Waals surface area contributed by atoms with Gasteiger partial charge in [0.15, 0.2) is 17.3 Å². The summed E-state index contributed by atoms with van der Waals surface area (Å²) in [5, 5.41) is 4.56. The fourth-order valence-corrected chi connectivity index (χ4v) is 3.08. The van der Waals surface area contributed by atoms with E-state index in [0.29, 0.717) is 33.9 Å². The van der Waals surface area contributed by atoms with Gasteiger partial charge in [0.2, 0.25) is 0 Å². The van der Waals surface area contributed by atoms with E-state index in [4.69, 9.17) is 18.7 Å². The molecule has 0 radical (unpaired) electrons. The number of rotatable bonds is 7. The van der Waals surface area contributed by atoms with E-state index in [1.165, 1.54) is 13.3 Å². The third-order valence-electron chi connectivity index (χ3n) is 4.60. The van der Waals surface area contributed by atoms with E-state index in [0.717, 1.165) is 5.52 Å². The van der Waals surface area contributed by atoms with Crippen LogP contribution in [0.5, 0.6) is 11.5 Å². The number of nitrogens with zero attached hydrogens (tertiary/aromatic N) is 1. The molecule has 0 saturated heterocycles. The second kappa shape index (κ2) is 8.12. The van der Waals surface area contributed by atoms with E-state index in [1.54, 1.807) is 43.5 Å². The Bertz CT molecular complexity index is 1220. The van der Waals surface area contributed by atoms with Gasteiger partial charge in [0.1, 0.15) is 12.3 Å². The Hall–Kier alpha value is -4.07. The second-order valence-electron chi connectivity index (χ2n) is 6.41. The second-order valence-corrected chi connectivity index (χ2v) is 6.41. The third kappa shape index (κ3) is 3.62. The summed E-state index contributed by atoms with van der Waals surface area (Å²) in [4.78, 5) is 27.6. The Labute approximate surface area is 171 Å². The van der Waals surface area contributed by atoms with Crippen molar-refractivity contribution in [2.75, 3.05) is 14.2 Å². The summed E-state index contributed by atoms with van der Waals surface area (Å²) in [6.07, 6.45) is 1.50. The maximum atomic E-state index is 12.4. The van der Waals surface area contributed by atoms with Crippen molar-refractivity contribution < 1.29 is 28.3 Å². The van der Waals surface area contributed by atoms with Crippen molar-refractivity contribution in [1.29, 1.82) is 0 Å². The number of aromatic nitrogens is 2. The quantitative estimate of drug-likeness (QED) is 0.283. The number of Topliss-reactive ketones (excluding diaryl/α,β-unsaturated/α-hetero) is 1. The normalized spacial score (nSPS) is 10.7. The highest BCUT2D eigenvalue weighted by molar-refractivity contribution is 6.42. The number of esters is 1. The number of hydrogen-bond acceptors (Lipinski definition) is 7. The molecule has 4 rings (SSSR count). The number of fused-ring (bicyclic) bond motifs is 1. The molecule has 2 aromatic carbocycles. The van der Waals surface area contributed by atoms with Crippen LogP contribution in [0.4, 0.5) is 0 Å². The van der Waals surface area contributed by atoms with E-state index in [9.17, 15) is 9.59 Å². The molecule has 0 amide bonds. The van der Waals surface area contributed by atoms with Gasteiger partial charge in [0.05, 0.1) is 19.8 Å². The van der Waals surface area contributed by atoms with Crippen LogP contribution in [0, 0.1) is 0 Å². The Morgan fingerprint density at radius 1 is 1.03 bits per heavy atom. The highest BCUT2D eigenvalue weighted by Crippen LogP contribution is 2.32. The van der Waals surface area contributed by atoms with Crippen LogP contribution in [0.15, 0.2) is 59.3 Å². The van der Waals surface area contributed by atoms with E-state index in [2.05, 4.69) is 10.1 Å². The van der Waals surface area contributed by atoms with Crippen molar-refractivity contribution >= 4 is 22.7 Å². The SMILES string of the molecule is COc1ccc(-c2cc(COC(=O)C(=O)c3c[nH]c4ccccc34)no2)cc1OC. The van der Waals surface area contributed by atoms with Crippen LogP contribution < -0.4 is 9.47 Å². The minimum Gasteiger partial charge on any atom is -0.493 e. The number of ether oxygens (including phenoxy) is 3. The molecule has 0 aliphatic rings. The molecule has 2 aromatic heterocycles. The molecule has 1 N–H and O–H groups in total.